The van der Waals surface area contributed by atoms with E-state index in [9.17, 15) is 4.79 Å². The van der Waals surface area contributed by atoms with Gasteiger partial charge in [-0.1, -0.05) is 37.3 Å². The van der Waals surface area contributed by atoms with Gasteiger partial charge < -0.3 is 10.6 Å². The maximum Gasteiger partial charge on any atom is 0.239 e. The Morgan fingerprint density at radius 3 is 2.60 bits per heavy atom. The molecule has 0 unspecified atom stereocenters. The standard InChI is InChI=1S/C15H20BrClN2O/c16-13-9-12(7-8-14(13)17)18-10-15(20)19-11-5-3-1-2-4-6-11/h7-9,11,18H,1-6,10H2,(H,19,20). The van der Waals surface area contributed by atoms with Crippen molar-refractivity contribution >= 4 is 39.1 Å². The maximum absolute atomic E-state index is 11.9. The molecule has 5 heteroatoms. The minimum atomic E-state index is 0.0583. The molecule has 0 aromatic heterocycles. The van der Waals surface area contributed by atoms with E-state index in [0.29, 0.717) is 17.6 Å². The Bertz CT molecular complexity index is 459. The first-order valence-electron chi connectivity index (χ1n) is 7.13. The summed E-state index contributed by atoms with van der Waals surface area (Å²) in [5, 5.41) is 6.90. The number of benzene rings is 1. The molecule has 0 bridgehead atoms. The molecule has 0 heterocycles. The zero-order valence-electron chi connectivity index (χ0n) is 11.4. The van der Waals surface area contributed by atoms with Crippen LogP contribution in [-0.4, -0.2) is 18.5 Å². The van der Waals surface area contributed by atoms with Gasteiger partial charge in [-0.3, -0.25) is 4.79 Å². The zero-order valence-corrected chi connectivity index (χ0v) is 13.8. The van der Waals surface area contributed by atoms with E-state index in [0.717, 1.165) is 23.0 Å². The van der Waals surface area contributed by atoms with Gasteiger partial charge in [-0.2, -0.15) is 0 Å². The van der Waals surface area contributed by atoms with E-state index < -0.39 is 0 Å². The van der Waals surface area contributed by atoms with Crippen molar-refractivity contribution in [1.29, 1.82) is 0 Å². The van der Waals surface area contributed by atoms with Crippen LogP contribution < -0.4 is 10.6 Å². The first-order valence-corrected chi connectivity index (χ1v) is 8.30. The van der Waals surface area contributed by atoms with E-state index in [-0.39, 0.29) is 5.91 Å². The molecule has 0 radical (unpaired) electrons. The van der Waals surface area contributed by atoms with E-state index in [4.69, 9.17) is 11.6 Å². The molecule has 0 saturated heterocycles. The third-order valence-electron chi connectivity index (χ3n) is 3.59. The third kappa shape index (κ3) is 4.98. The summed E-state index contributed by atoms with van der Waals surface area (Å²) in [6, 6.07) is 5.90. The van der Waals surface area contributed by atoms with Gasteiger partial charge in [0, 0.05) is 16.2 Å². The number of rotatable bonds is 4. The van der Waals surface area contributed by atoms with E-state index in [1.54, 1.807) is 6.07 Å². The first kappa shape index (κ1) is 15.6. The average molecular weight is 360 g/mol. The van der Waals surface area contributed by atoms with E-state index in [1.807, 2.05) is 12.1 Å². The summed E-state index contributed by atoms with van der Waals surface area (Å²) in [7, 11) is 0. The van der Waals surface area contributed by atoms with Crippen LogP contribution in [0.3, 0.4) is 0 Å². The molecule has 2 N–H and O–H groups in total. The minimum Gasteiger partial charge on any atom is -0.376 e. The van der Waals surface area contributed by atoms with Crippen molar-refractivity contribution in [3.63, 3.8) is 0 Å². The molecule has 110 valence electrons. The van der Waals surface area contributed by atoms with Crippen LogP contribution >= 0.6 is 27.5 Å². The molecule has 1 amide bonds. The van der Waals surface area contributed by atoms with Gasteiger partial charge in [-0.15, -0.1) is 0 Å². The van der Waals surface area contributed by atoms with Gasteiger partial charge in [0.15, 0.2) is 0 Å². The minimum absolute atomic E-state index is 0.0583. The Morgan fingerprint density at radius 2 is 1.95 bits per heavy atom. The molecule has 1 saturated carbocycles. The predicted octanol–water partition coefficient (Wildman–Crippen LogP) is 4.35. The van der Waals surface area contributed by atoms with Crippen LogP contribution in [0.15, 0.2) is 22.7 Å². The van der Waals surface area contributed by atoms with Crippen molar-refractivity contribution in [1.82, 2.24) is 5.32 Å². The Kier molecular flexibility index (Phi) is 6.17. The van der Waals surface area contributed by atoms with Crippen molar-refractivity contribution in [2.45, 2.75) is 44.6 Å². The summed E-state index contributed by atoms with van der Waals surface area (Å²) in [4.78, 5) is 11.9. The number of halogens is 2. The van der Waals surface area contributed by atoms with Gasteiger partial charge in [-0.05, 0) is 47.0 Å². The lowest BCUT2D eigenvalue weighted by Crippen LogP contribution is -2.38. The van der Waals surface area contributed by atoms with Gasteiger partial charge in [0.25, 0.3) is 0 Å². The Labute approximate surface area is 133 Å². The highest BCUT2D eigenvalue weighted by molar-refractivity contribution is 9.10. The van der Waals surface area contributed by atoms with E-state index in [2.05, 4.69) is 26.6 Å². The fourth-order valence-electron chi connectivity index (χ4n) is 2.49. The number of hydrogen-bond acceptors (Lipinski definition) is 2. The lowest BCUT2D eigenvalue weighted by Gasteiger charge is -2.16. The lowest BCUT2D eigenvalue weighted by atomic mass is 10.1. The van der Waals surface area contributed by atoms with Gasteiger partial charge in [0.1, 0.15) is 0 Å². The predicted molar refractivity (Wildman–Crippen MR) is 87.3 cm³/mol. The fraction of sp³-hybridized carbons (Fsp3) is 0.533. The van der Waals surface area contributed by atoms with Gasteiger partial charge in [-0.25, -0.2) is 0 Å². The topological polar surface area (TPSA) is 41.1 Å². The molecule has 1 aromatic carbocycles. The highest BCUT2D eigenvalue weighted by atomic mass is 79.9. The SMILES string of the molecule is O=C(CNc1ccc(Cl)c(Br)c1)NC1CCCCCC1. The van der Waals surface area contributed by atoms with Crippen LogP contribution in [-0.2, 0) is 4.79 Å². The van der Waals surface area contributed by atoms with Crippen LogP contribution in [0.2, 0.25) is 5.02 Å². The highest BCUT2D eigenvalue weighted by Crippen LogP contribution is 2.25. The summed E-state index contributed by atoms with van der Waals surface area (Å²) in [6.07, 6.45) is 7.26. The van der Waals surface area contributed by atoms with Crippen molar-refractivity contribution in [3.8, 4) is 0 Å². The number of amides is 1. The van der Waals surface area contributed by atoms with Crippen LogP contribution in [0.5, 0.6) is 0 Å². The number of carbonyl (C=O) groups excluding carboxylic acids is 1. The van der Waals surface area contributed by atoms with Crippen LogP contribution in [0, 0.1) is 0 Å². The molecule has 0 aliphatic heterocycles. The molecular formula is C15H20BrClN2O. The summed E-state index contributed by atoms with van der Waals surface area (Å²) >= 11 is 9.30. The summed E-state index contributed by atoms with van der Waals surface area (Å²) in [6.45, 7) is 0.296. The molecule has 2 rings (SSSR count). The molecule has 0 atom stereocenters. The normalized spacial score (nSPS) is 16.5. The summed E-state index contributed by atoms with van der Waals surface area (Å²) in [5.74, 6) is 0.0583. The lowest BCUT2D eigenvalue weighted by molar-refractivity contribution is -0.120. The van der Waals surface area contributed by atoms with Crippen molar-refractivity contribution < 1.29 is 4.79 Å². The Balaban J connectivity index is 1.77. The zero-order chi connectivity index (χ0) is 14.4. The molecular weight excluding hydrogens is 340 g/mol. The van der Waals surface area contributed by atoms with Gasteiger partial charge in [0.2, 0.25) is 5.91 Å². The molecule has 1 aliphatic rings. The second-order valence-electron chi connectivity index (χ2n) is 5.24. The fourth-order valence-corrected chi connectivity index (χ4v) is 2.99. The second-order valence-corrected chi connectivity index (χ2v) is 6.50. The molecule has 20 heavy (non-hydrogen) atoms. The number of carbonyl (C=O) groups is 1. The summed E-state index contributed by atoms with van der Waals surface area (Å²) < 4.78 is 0.827. The van der Waals surface area contributed by atoms with Crippen molar-refractivity contribution in [3.05, 3.63) is 27.7 Å². The number of hydrogen-bond donors (Lipinski definition) is 2. The molecule has 0 spiro atoms. The van der Waals surface area contributed by atoms with Crippen LogP contribution in [0.1, 0.15) is 38.5 Å². The first-order chi connectivity index (χ1) is 9.65. The van der Waals surface area contributed by atoms with Gasteiger partial charge >= 0.3 is 0 Å². The Hall–Kier alpha value is -0.740. The molecule has 3 nitrogen and oxygen atoms in total. The van der Waals surface area contributed by atoms with Crippen molar-refractivity contribution in [2.75, 3.05) is 11.9 Å². The van der Waals surface area contributed by atoms with E-state index in [1.165, 1.54) is 25.7 Å². The average Bonchev–Trinajstić information content (AvgIpc) is 2.69. The largest absolute Gasteiger partial charge is 0.376 e. The molecule has 1 aromatic rings. The third-order valence-corrected chi connectivity index (χ3v) is 4.81. The van der Waals surface area contributed by atoms with Gasteiger partial charge in [0.05, 0.1) is 11.6 Å². The quantitative estimate of drug-likeness (QED) is 0.785. The maximum atomic E-state index is 11.9. The smallest absolute Gasteiger partial charge is 0.239 e. The Morgan fingerprint density at radius 1 is 1.25 bits per heavy atom. The second kappa shape index (κ2) is 7.89. The number of nitrogens with one attached hydrogen (secondary N) is 2. The molecule has 1 fully saturated rings. The highest BCUT2D eigenvalue weighted by Gasteiger charge is 2.14. The van der Waals surface area contributed by atoms with Crippen LogP contribution in [0.25, 0.3) is 0 Å². The summed E-state index contributed by atoms with van der Waals surface area (Å²) in [5.41, 5.74) is 0.886. The van der Waals surface area contributed by atoms with E-state index >= 15 is 0 Å². The van der Waals surface area contributed by atoms with Crippen LogP contribution in [0.4, 0.5) is 5.69 Å². The monoisotopic (exact) mass is 358 g/mol. The molecule has 1 aliphatic carbocycles. The number of anilines is 1. The van der Waals surface area contributed by atoms with Crippen molar-refractivity contribution in [2.24, 2.45) is 0 Å².